The van der Waals surface area contributed by atoms with E-state index in [0.717, 1.165) is 30.3 Å². The van der Waals surface area contributed by atoms with Gasteiger partial charge in [0.2, 0.25) is 0 Å². The number of hydrogen-bond acceptors (Lipinski definition) is 4. The van der Waals surface area contributed by atoms with Gasteiger partial charge in [0.1, 0.15) is 5.82 Å². The Hall–Kier alpha value is -2.14. The Morgan fingerprint density at radius 2 is 2.15 bits per heavy atom. The predicted octanol–water partition coefficient (Wildman–Crippen LogP) is 2.00. The first kappa shape index (κ1) is 12.9. The molecule has 0 radical (unpaired) electrons. The summed E-state index contributed by atoms with van der Waals surface area (Å²) < 4.78 is 0. The second kappa shape index (κ2) is 5.09. The van der Waals surface area contributed by atoms with E-state index >= 15 is 0 Å². The number of amides is 1. The van der Waals surface area contributed by atoms with Crippen molar-refractivity contribution in [3.8, 4) is 0 Å². The van der Waals surface area contributed by atoms with Gasteiger partial charge >= 0.3 is 0 Å². The maximum absolute atomic E-state index is 12.6. The van der Waals surface area contributed by atoms with Gasteiger partial charge < -0.3 is 10.3 Å². The summed E-state index contributed by atoms with van der Waals surface area (Å²) in [7, 11) is 0. The SMILES string of the molecule is CC1CCN(C(=O)c2cnc(NN)c3ccccc23)C1. The summed E-state index contributed by atoms with van der Waals surface area (Å²) in [6.45, 7) is 3.82. The molecule has 1 amide bonds. The van der Waals surface area contributed by atoms with Gasteiger partial charge in [0.15, 0.2) is 0 Å². The van der Waals surface area contributed by atoms with E-state index in [9.17, 15) is 4.79 Å². The molecular formula is C15H18N4O. The van der Waals surface area contributed by atoms with Crippen molar-refractivity contribution in [2.24, 2.45) is 11.8 Å². The number of hydrazine groups is 1. The van der Waals surface area contributed by atoms with Crippen molar-refractivity contribution in [3.63, 3.8) is 0 Å². The minimum atomic E-state index is 0.0571. The fourth-order valence-electron chi connectivity index (χ4n) is 2.77. The van der Waals surface area contributed by atoms with Crippen LogP contribution in [0.25, 0.3) is 10.8 Å². The van der Waals surface area contributed by atoms with E-state index in [1.807, 2.05) is 29.2 Å². The van der Waals surface area contributed by atoms with Crippen LogP contribution in [0, 0.1) is 5.92 Å². The summed E-state index contributed by atoms with van der Waals surface area (Å²) in [6, 6.07) is 7.69. The summed E-state index contributed by atoms with van der Waals surface area (Å²) in [5.41, 5.74) is 3.22. The maximum atomic E-state index is 12.6. The number of fused-ring (bicyclic) bond motifs is 1. The first-order valence-corrected chi connectivity index (χ1v) is 6.84. The van der Waals surface area contributed by atoms with E-state index in [-0.39, 0.29) is 5.91 Å². The Balaban J connectivity index is 2.06. The van der Waals surface area contributed by atoms with Crippen LogP contribution in [0.4, 0.5) is 5.82 Å². The maximum Gasteiger partial charge on any atom is 0.256 e. The molecule has 0 saturated carbocycles. The molecule has 1 saturated heterocycles. The lowest BCUT2D eigenvalue weighted by molar-refractivity contribution is 0.0789. The van der Waals surface area contributed by atoms with Crippen LogP contribution in [0.1, 0.15) is 23.7 Å². The molecule has 1 unspecified atom stereocenters. The molecule has 0 aliphatic carbocycles. The zero-order chi connectivity index (χ0) is 14.1. The molecule has 1 fully saturated rings. The third-order valence-corrected chi connectivity index (χ3v) is 3.87. The number of anilines is 1. The van der Waals surface area contributed by atoms with Crippen LogP contribution in [-0.4, -0.2) is 28.9 Å². The number of rotatable bonds is 2. The molecule has 1 atom stereocenters. The Bertz CT molecular complexity index is 655. The third-order valence-electron chi connectivity index (χ3n) is 3.87. The Labute approximate surface area is 117 Å². The van der Waals surface area contributed by atoms with Gasteiger partial charge in [-0.2, -0.15) is 0 Å². The monoisotopic (exact) mass is 270 g/mol. The van der Waals surface area contributed by atoms with Crippen molar-refractivity contribution in [3.05, 3.63) is 36.0 Å². The lowest BCUT2D eigenvalue weighted by atomic mass is 10.1. The molecular weight excluding hydrogens is 252 g/mol. The largest absolute Gasteiger partial charge is 0.338 e. The van der Waals surface area contributed by atoms with E-state index in [4.69, 9.17) is 5.84 Å². The normalized spacial score (nSPS) is 18.5. The van der Waals surface area contributed by atoms with Gasteiger partial charge in [-0.25, -0.2) is 10.8 Å². The number of pyridine rings is 1. The van der Waals surface area contributed by atoms with Crippen molar-refractivity contribution in [1.82, 2.24) is 9.88 Å². The van der Waals surface area contributed by atoms with Crippen LogP contribution in [-0.2, 0) is 0 Å². The minimum absolute atomic E-state index is 0.0571. The molecule has 1 aliphatic heterocycles. The number of carbonyl (C=O) groups excluding carboxylic acids is 1. The van der Waals surface area contributed by atoms with Gasteiger partial charge in [0.25, 0.3) is 5.91 Å². The first-order valence-electron chi connectivity index (χ1n) is 6.84. The zero-order valence-electron chi connectivity index (χ0n) is 11.5. The molecule has 2 heterocycles. The highest BCUT2D eigenvalue weighted by molar-refractivity contribution is 6.09. The number of likely N-dealkylation sites (tertiary alicyclic amines) is 1. The number of nitrogens with one attached hydrogen (secondary N) is 1. The predicted molar refractivity (Wildman–Crippen MR) is 79.2 cm³/mol. The Kier molecular flexibility index (Phi) is 3.28. The smallest absolute Gasteiger partial charge is 0.256 e. The van der Waals surface area contributed by atoms with Gasteiger partial charge in [-0.1, -0.05) is 31.2 Å². The third kappa shape index (κ3) is 2.10. The number of nitrogens with two attached hydrogens (primary N) is 1. The Morgan fingerprint density at radius 3 is 2.80 bits per heavy atom. The summed E-state index contributed by atoms with van der Waals surface area (Å²) >= 11 is 0. The standard InChI is InChI=1S/C15H18N4O/c1-10-6-7-19(9-10)15(20)13-8-17-14(18-16)12-5-3-2-4-11(12)13/h2-5,8,10H,6-7,9,16H2,1H3,(H,17,18). The van der Waals surface area contributed by atoms with E-state index in [0.29, 0.717) is 17.3 Å². The molecule has 5 nitrogen and oxygen atoms in total. The van der Waals surface area contributed by atoms with E-state index in [1.54, 1.807) is 6.20 Å². The van der Waals surface area contributed by atoms with Crippen LogP contribution in [0.3, 0.4) is 0 Å². The number of aromatic nitrogens is 1. The van der Waals surface area contributed by atoms with Gasteiger partial charge in [-0.05, 0) is 17.7 Å². The van der Waals surface area contributed by atoms with Crippen molar-refractivity contribution in [1.29, 1.82) is 0 Å². The van der Waals surface area contributed by atoms with Crippen LogP contribution < -0.4 is 11.3 Å². The molecule has 3 N–H and O–H groups in total. The number of carbonyl (C=O) groups is 1. The van der Waals surface area contributed by atoms with Gasteiger partial charge in [-0.15, -0.1) is 0 Å². The topological polar surface area (TPSA) is 71.2 Å². The second-order valence-electron chi connectivity index (χ2n) is 5.36. The van der Waals surface area contributed by atoms with Crippen LogP contribution in [0.2, 0.25) is 0 Å². The molecule has 104 valence electrons. The van der Waals surface area contributed by atoms with Crippen LogP contribution in [0.15, 0.2) is 30.5 Å². The average molecular weight is 270 g/mol. The highest BCUT2D eigenvalue weighted by Crippen LogP contribution is 2.26. The van der Waals surface area contributed by atoms with Crippen LogP contribution >= 0.6 is 0 Å². The molecule has 0 bridgehead atoms. The number of nitrogens with zero attached hydrogens (tertiary/aromatic N) is 2. The van der Waals surface area contributed by atoms with Crippen molar-refractivity contribution >= 4 is 22.5 Å². The van der Waals surface area contributed by atoms with Gasteiger partial charge in [0.05, 0.1) is 5.56 Å². The quantitative estimate of drug-likeness (QED) is 0.647. The lowest BCUT2D eigenvalue weighted by Gasteiger charge is -2.17. The number of hydrogen-bond donors (Lipinski definition) is 2. The van der Waals surface area contributed by atoms with Gasteiger partial charge in [0, 0.05) is 24.7 Å². The van der Waals surface area contributed by atoms with Crippen molar-refractivity contribution in [2.75, 3.05) is 18.5 Å². The summed E-state index contributed by atoms with van der Waals surface area (Å²) in [6.07, 6.45) is 2.68. The molecule has 1 aliphatic rings. The van der Waals surface area contributed by atoms with Crippen molar-refractivity contribution in [2.45, 2.75) is 13.3 Å². The Morgan fingerprint density at radius 1 is 1.40 bits per heavy atom. The summed E-state index contributed by atoms with van der Waals surface area (Å²) in [4.78, 5) is 18.8. The molecule has 5 heteroatoms. The highest BCUT2D eigenvalue weighted by atomic mass is 16.2. The van der Waals surface area contributed by atoms with Crippen molar-refractivity contribution < 1.29 is 4.79 Å². The summed E-state index contributed by atoms with van der Waals surface area (Å²) in [5, 5.41) is 1.76. The average Bonchev–Trinajstić information content (AvgIpc) is 2.92. The molecule has 1 aromatic heterocycles. The zero-order valence-corrected chi connectivity index (χ0v) is 11.5. The van der Waals surface area contributed by atoms with Gasteiger partial charge in [-0.3, -0.25) is 4.79 Å². The fraction of sp³-hybridized carbons (Fsp3) is 0.333. The molecule has 2 aromatic rings. The number of benzene rings is 1. The molecule has 3 rings (SSSR count). The minimum Gasteiger partial charge on any atom is -0.338 e. The highest BCUT2D eigenvalue weighted by Gasteiger charge is 2.25. The summed E-state index contributed by atoms with van der Waals surface area (Å²) in [5.74, 6) is 6.69. The fourth-order valence-corrected chi connectivity index (χ4v) is 2.77. The van der Waals surface area contributed by atoms with E-state index in [2.05, 4.69) is 17.3 Å². The molecule has 1 aromatic carbocycles. The van der Waals surface area contributed by atoms with E-state index < -0.39 is 0 Å². The molecule has 20 heavy (non-hydrogen) atoms. The second-order valence-corrected chi connectivity index (χ2v) is 5.36. The number of nitrogen functional groups attached to an aromatic ring is 1. The van der Waals surface area contributed by atoms with Crippen LogP contribution in [0.5, 0.6) is 0 Å². The lowest BCUT2D eigenvalue weighted by Crippen LogP contribution is -2.28. The van der Waals surface area contributed by atoms with E-state index in [1.165, 1.54) is 0 Å². The molecule has 0 spiro atoms. The first-order chi connectivity index (χ1) is 9.70.